The summed E-state index contributed by atoms with van der Waals surface area (Å²) in [5.74, 6) is 0.523. The van der Waals surface area contributed by atoms with Crippen molar-refractivity contribution in [2.24, 2.45) is 0 Å². The first kappa shape index (κ1) is 23.1. The van der Waals surface area contributed by atoms with Gasteiger partial charge in [0.1, 0.15) is 11.6 Å². The van der Waals surface area contributed by atoms with Gasteiger partial charge in [-0.05, 0) is 49.4 Å². The summed E-state index contributed by atoms with van der Waals surface area (Å²) in [6.45, 7) is 6.03. The van der Waals surface area contributed by atoms with E-state index < -0.39 is 6.10 Å². The Balaban J connectivity index is 1.68. The van der Waals surface area contributed by atoms with E-state index in [4.69, 9.17) is 27.9 Å². The molecule has 3 aromatic rings. The van der Waals surface area contributed by atoms with Crippen LogP contribution in [0.2, 0.25) is 10.0 Å². The molecule has 0 spiro atoms. The molecule has 1 unspecified atom stereocenters. The molecule has 0 saturated heterocycles. The minimum atomic E-state index is -0.464. The van der Waals surface area contributed by atoms with Crippen LogP contribution in [0.5, 0.6) is 5.75 Å². The van der Waals surface area contributed by atoms with E-state index in [1.54, 1.807) is 24.3 Å². The van der Waals surface area contributed by atoms with Gasteiger partial charge in [0, 0.05) is 17.3 Å². The predicted molar refractivity (Wildman–Crippen MR) is 121 cm³/mol. The van der Waals surface area contributed by atoms with E-state index in [1.807, 2.05) is 11.5 Å². The molecule has 0 saturated carbocycles. The lowest BCUT2D eigenvalue weighted by Crippen LogP contribution is -2.15. The summed E-state index contributed by atoms with van der Waals surface area (Å²) >= 11 is 13.3. The molecular formula is C21H19Cl2FN4O2S. The number of hydrogen-bond donors (Lipinski definition) is 1. The molecule has 1 N–H and O–H groups in total. The number of hydrogen-bond acceptors (Lipinski definition) is 5. The van der Waals surface area contributed by atoms with Gasteiger partial charge < -0.3 is 10.1 Å². The summed E-state index contributed by atoms with van der Waals surface area (Å²) in [5, 5.41) is 12.6. The quantitative estimate of drug-likeness (QED) is 0.310. The van der Waals surface area contributed by atoms with Gasteiger partial charge in [-0.1, -0.05) is 41.0 Å². The lowest BCUT2D eigenvalue weighted by Gasteiger charge is -2.16. The Morgan fingerprint density at radius 1 is 1.29 bits per heavy atom. The molecule has 31 heavy (non-hydrogen) atoms. The van der Waals surface area contributed by atoms with Gasteiger partial charge in [-0.25, -0.2) is 4.39 Å². The highest BCUT2D eigenvalue weighted by Gasteiger charge is 2.20. The fourth-order valence-electron chi connectivity index (χ4n) is 2.68. The molecule has 0 radical (unpaired) electrons. The van der Waals surface area contributed by atoms with Gasteiger partial charge in [0.15, 0.2) is 17.1 Å². The monoisotopic (exact) mass is 480 g/mol. The fraction of sp³-hybridized carbons (Fsp3) is 0.190. The number of amides is 1. The predicted octanol–water partition coefficient (Wildman–Crippen LogP) is 5.78. The molecule has 162 valence electrons. The average molecular weight is 481 g/mol. The zero-order valence-electron chi connectivity index (χ0n) is 16.5. The smallest absolute Gasteiger partial charge is 0.234 e. The van der Waals surface area contributed by atoms with Crippen molar-refractivity contribution in [2.75, 3.05) is 11.1 Å². The zero-order chi connectivity index (χ0) is 22.4. The van der Waals surface area contributed by atoms with Crippen LogP contribution in [0.15, 0.2) is 60.3 Å². The van der Waals surface area contributed by atoms with Crippen LogP contribution < -0.4 is 10.1 Å². The number of benzene rings is 2. The number of carbonyl (C=O) groups excluding carboxylic acids is 1. The highest BCUT2D eigenvalue weighted by molar-refractivity contribution is 7.99. The highest BCUT2D eigenvalue weighted by atomic mass is 35.5. The van der Waals surface area contributed by atoms with Crippen molar-refractivity contribution < 1.29 is 13.9 Å². The molecule has 1 heterocycles. The molecule has 0 bridgehead atoms. The van der Waals surface area contributed by atoms with Crippen LogP contribution in [0.3, 0.4) is 0 Å². The van der Waals surface area contributed by atoms with Gasteiger partial charge in [0.25, 0.3) is 0 Å². The summed E-state index contributed by atoms with van der Waals surface area (Å²) in [7, 11) is 0. The van der Waals surface area contributed by atoms with E-state index in [9.17, 15) is 9.18 Å². The molecule has 0 fully saturated rings. The lowest BCUT2D eigenvalue weighted by molar-refractivity contribution is -0.113. The molecule has 1 aromatic heterocycles. The molecule has 2 aromatic carbocycles. The second-order valence-electron chi connectivity index (χ2n) is 6.42. The summed E-state index contributed by atoms with van der Waals surface area (Å²) in [6.07, 6.45) is 1.24. The van der Waals surface area contributed by atoms with Gasteiger partial charge >= 0.3 is 0 Å². The lowest BCUT2D eigenvalue weighted by atomic mass is 10.3. The molecule has 1 amide bonds. The molecule has 10 heteroatoms. The second kappa shape index (κ2) is 10.7. The third kappa shape index (κ3) is 6.22. The van der Waals surface area contributed by atoms with Crippen molar-refractivity contribution in [3.8, 4) is 5.75 Å². The Bertz CT molecular complexity index is 1080. The molecular weight excluding hydrogens is 462 g/mol. The second-order valence-corrected chi connectivity index (χ2v) is 8.20. The highest BCUT2D eigenvalue weighted by Crippen LogP contribution is 2.31. The Kier molecular flexibility index (Phi) is 7.95. The number of nitrogens with one attached hydrogen (secondary N) is 1. The van der Waals surface area contributed by atoms with E-state index in [-0.39, 0.29) is 17.5 Å². The van der Waals surface area contributed by atoms with Gasteiger partial charge in [-0.3, -0.25) is 9.36 Å². The molecule has 3 rings (SSSR count). The number of allylic oxidation sites excluding steroid dienone is 1. The van der Waals surface area contributed by atoms with Gasteiger partial charge in [0.2, 0.25) is 5.91 Å². The number of halogens is 3. The zero-order valence-corrected chi connectivity index (χ0v) is 18.8. The van der Waals surface area contributed by atoms with Crippen LogP contribution in [-0.2, 0) is 11.3 Å². The molecule has 6 nitrogen and oxygen atoms in total. The fourth-order valence-corrected chi connectivity index (χ4v) is 3.89. The van der Waals surface area contributed by atoms with Crippen molar-refractivity contribution in [1.29, 1.82) is 0 Å². The van der Waals surface area contributed by atoms with E-state index >= 15 is 0 Å². The van der Waals surface area contributed by atoms with Crippen LogP contribution in [0.25, 0.3) is 0 Å². The summed E-state index contributed by atoms with van der Waals surface area (Å²) in [4.78, 5) is 12.2. The summed E-state index contributed by atoms with van der Waals surface area (Å²) in [6, 6.07) is 10.5. The third-order valence-electron chi connectivity index (χ3n) is 4.08. The molecule has 1 atom stereocenters. The largest absolute Gasteiger partial charge is 0.481 e. The number of aromatic nitrogens is 3. The van der Waals surface area contributed by atoms with Crippen molar-refractivity contribution in [1.82, 2.24) is 14.8 Å². The topological polar surface area (TPSA) is 69.0 Å². The van der Waals surface area contributed by atoms with Crippen LogP contribution in [-0.4, -0.2) is 26.4 Å². The van der Waals surface area contributed by atoms with Crippen LogP contribution >= 0.6 is 35.0 Å². The van der Waals surface area contributed by atoms with Crippen molar-refractivity contribution >= 4 is 46.6 Å². The SMILES string of the molecule is C=CCn1c(SCC(=O)Nc2ccc(F)cc2)nnc1C(C)Oc1ccc(Cl)cc1Cl. The normalized spacial score (nSPS) is 11.7. The van der Waals surface area contributed by atoms with Crippen molar-refractivity contribution in [3.05, 3.63) is 76.8 Å². The Labute approximate surface area is 193 Å². The Morgan fingerprint density at radius 2 is 2.03 bits per heavy atom. The maximum atomic E-state index is 13.0. The van der Waals surface area contributed by atoms with E-state index in [2.05, 4.69) is 22.1 Å². The minimum absolute atomic E-state index is 0.102. The first-order valence-electron chi connectivity index (χ1n) is 9.21. The van der Waals surface area contributed by atoms with Crippen LogP contribution in [0.4, 0.5) is 10.1 Å². The van der Waals surface area contributed by atoms with Crippen molar-refractivity contribution in [3.63, 3.8) is 0 Å². The minimum Gasteiger partial charge on any atom is -0.481 e. The van der Waals surface area contributed by atoms with Gasteiger partial charge in [-0.15, -0.1) is 16.8 Å². The molecule has 0 aliphatic rings. The van der Waals surface area contributed by atoms with Crippen LogP contribution in [0.1, 0.15) is 18.9 Å². The van der Waals surface area contributed by atoms with E-state index in [0.29, 0.717) is 39.0 Å². The van der Waals surface area contributed by atoms with Crippen LogP contribution in [0, 0.1) is 5.82 Å². The number of thioether (sulfide) groups is 1. The van der Waals surface area contributed by atoms with Gasteiger partial charge in [0.05, 0.1) is 10.8 Å². The first-order valence-corrected chi connectivity index (χ1v) is 11.0. The number of carbonyl (C=O) groups is 1. The molecule has 0 aliphatic heterocycles. The average Bonchev–Trinajstić information content (AvgIpc) is 3.13. The number of rotatable bonds is 9. The summed E-state index contributed by atoms with van der Waals surface area (Å²) < 4.78 is 20.7. The van der Waals surface area contributed by atoms with E-state index in [0.717, 1.165) is 0 Å². The van der Waals surface area contributed by atoms with Gasteiger partial charge in [-0.2, -0.15) is 0 Å². The summed E-state index contributed by atoms with van der Waals surface area (Å²) in [5.41, 5.74) is 0.516. The van der Waals surface area contributed by atoms with E-state index in [1.165, 1.54) is 36.0 Å². The van der Waals surface area contributed by atoms with Crippen molar-refractivity contribution in [2.45, 2.75) is 24.7 Å². The number of nitrogens with zero attached hydrogens (tertiary/aromatic N) is 3. The maximum Gasteiger partial charge on any atom is 0.234 e. The number of anilines is 1. The number of ether oxygens (including phenoxy) is 1. The standard InChI is InChI=1S/C21H19Cl2FN4O2S/c1-3-10-28-20(13(2)30-18-9-4-14(22)11-17(18)23)26-27-21(28)31-12-19(29)25-16-7-5-15(24)6-8-16/h3-9,11,13H,1,10,12H2,2H3,(H,25,29). The Hall–Kier alpha value is -2.55. The third-order valence-corrected chi connectivity index (χ3v) is 5.58. The Morgan fingerprint density at radius 3 is 2.71 bits per heavy atom. The first-order chi connectivity index (χ1) is 14.9. The molecule has 0 aliphatic carbocycles. The maximum absolute atomic E-state index is 13.0.